The Morgan fingerprint density at radius 2 is 1.89 bits per heavy atom. The van der Waals surface area contributed by atoms with Gasteiger partial charge in [-0.1, -0.05) is 27.7 Å². The molecule has 4 rings (SSSR count). The summed E-state index contributed by atoms with van der Waals surface area (Å²) in [5.74, 6) is 0.770. The third kappa shape index (κ3) is 2.58. The lowest BCUT2D eigenvalue weighted by atomic mass is 9.71. The quantitative estimate of drug-likeness (QED) is 0.587. The third-order valence-electron chi connectivity index (χ3n) is 7.62. The molecule has 2 N–H and O–H groups in total. The average Bonchev–Trinajstić information content (AvgIpc) is 3.10. The van der Waals surface area contributed by atoms with E-state index in [1.807, 2.05) is 13.8 Å². The number of rotatable bonds is 4. The predicted octanol–water partition coefficient (Wildman–Crippen LogP) is 4.51. The van der Waals surface area contributed by atoms with Gasteiger partial charge in [-0.05, 0) is 49.4 Å². The second-order valence-electron chi connectivity index (χ2n) is 10.2. The molecule has 2 aliphatic carbocycles. The van der Waals surface area contributed by atoms with Crippen LogP contribution in [0, 0.1) is 29.1 Å². The Morgan fingerprint density at radius 3 is 2.50 bits per heavy atom. The lowest BCUT2D eigenvalue weighted by molar-refractivity contribution is -0.0264. The third-order valence-corrected chi connectivity index (χ3v) is 7.62. The smallest absolute Gasteiger partial charge is 0.170 e. The van der Waals surface area contributed by atoms with Gasteiger partial charge in [-0.2, -0.15) is 0 Å². The molecule has 0 bridgehead atoms. The van der Waals surface area contributed by atoms with Crippen LogP contribution in [-0.4, -0.2) is 27.9 Å². The Labute approximate surface area is 166 Å². The minimum absolute atomic E-state index is 0.0169. The molecule has 5 heteroatoms. The lowest BCUT2D eigenvalue weighted by Gasteiger charge is -2.46. The van der Waals surface area contributed by atoms with Gasteiger partial charge in [0.25, 0.3) is 0 Å². The van der Waals surface area contributed by atoms with E-state index in [0.29, 0.717) is 35.5 Å². The fraction of sp³-hybridized carbons (Fsp3) is 0.652. The number of carbonyl (C=O) groups is 2. The van der Waals surface area contributed by atoms with Crippen LogP contribution in [0.1, 0.15) is 80.2 Å². The van der Waals surface area contributed by atoms with Crippen LogP contribution in [-0.2, 0) is 6.42 Å². The van der Waals surface area contributed by atoms with Crippen LogP contribution in [0.5, 0.6) is 17.2 Å². The largest absolute Gasteiger partial charge is 0.507 e. The summed E-state index contributed by atoms with van der Waals surface area (Å²) in [5, 5.41) is 21.5. The van der Waals surface area contributed by atoms with Crippen molar-refractivity contribution in [1.29, 1.82) is 0 Å². The summed E-state index contributed by atoms with van der Waals surface area (Å²) in [6.45, 7) is 10.5. The molecule has 0 radical (unpaired) electrons. The zero-order chi connectivity index (χ0) is 20.6. The summed E-state index contributed by atoms with van der Waals surface area (Å²) in [7, 11) is 0. The first-order chi connectivity index (χ1) is 13.0. The summed E-state index contributed by atoms with van der Waals surface area (Å²) in [5.41, 5.74) is 0.207. The first-order valence-corrected chi connectivity index (χ1v) is 10.3. The van der Waals surface area contributed by atoms with Crippen molar-refractivity contribution in [2.24, 2.45) is 29.1 Å². The second-order valence-corrected chi connectivity index (χ2v) is 10.2. The van der Waals surface area contributed by atoms with E-state index in [2.05, 4.69) is 20.8 Å². The van der Waals surface area contributed by atoms with E-state index in [4.69, 9.17) is 4.74 Å². The summed E-state index contributed by atoms with van der Waals surface area (Å²) in [6, 6.07) is 0. The van der Waals surface area contributed by atoms with Crippen LogP contribution < -0.4 is 4.74 Å². The Kier molecular flexibility index (Phi) is 4.12. The molecule has 1 aromatic carbocycles. The molecule has 2 saturated carbocycles. The molecule has 1 aromatic rings. The SMILES string of the molecule is CC(C)CC(=O)c1c(O)c(C=O)c2c(c1O)C[C@H]1C[C@H]3[C@@H](C[C@@]1(C)O2)C3(C)C. The molecule has 28 heavy (non-hydrogen) atoms. The fourth-order valence-corrected chi connectivity index (χ4v) is 5.72. The fourth-order valence-electron chi connectivity index (χ4n) is 5.72. The second kappa shape index (κ2) is 5.98. The van der Waals surface area contributed by atoms with E-state index in [1.54, 1.807) is 0 Å². The van der Waals surface area contributed by atoms with Crippen molar-refractivity contribution in [2.75, 3.05) is 0 Å². The maximum absolute atomic E-state index is 12.7. The van der Waals surface area contributed by atoms with Crippen molar-refractivity contribution in [2.45, 2.75) is 65.9 Å². The molecule has 0 aromatic heterocycles. The standard InChI is InChI=1S/C23H30O5/c1-11(2)6-17(25)18-19(26)13-7-12-8-15-16(22(15,3)4)9-23(12,5)28-21(13)14(10-24)20(18)27/h10-12,15-16,26-27H,6-9H2,1-5H3/t12-,15-,16+,23+/m0/s1. The average molecular weight is 386 g/mol. The number of ketones is 1. The number of carbonyl (C=O) groups excluding carboxylic acids is 2. The van der Waals surface area contributed by atoms with Crippen LogP contribution in [0.15, 0.2) is 0 Å². The molecule has 152 valence electrons. The lowest BCUT2D eigenvalue weighted by Crippen LogP contribution is -2.48. The van der Waals surface area contributed by atoms with Crippen LogP contribution in [0.25, 0.3) is 0 Å². The number of phenols is 2. The van der Waals surface area contributed by atoms with E-state index >= 15 is 0 Å². The van der Waals surface area contributed by atoms with Gasteiger partial charge < -0.3 is 14.9 Å². The highest BCUT2D eigenvalue weighted by Gasteiger charge is 2.65. The number of phenolic OH excluding ortho intramolecular Hbond substituents is 2. The van der Waals surface area contributed by atoms with Gasteiger partial charge in [0, 0.05) is 17.9 Å². The summed E-state index contributed by atoms with van der Waals surface area (Å²) < 4.78 is 6.35. The molecule has 1 heterocycles. The van der Waals surface area contributed by atoms with Gasteiger partial charge in [-0.3, -0.25) is 9.59 Å². The van der Waals surface area contributed by atoms with Gasteiger partial charge in [-0.25, -0.2) is 0 Å². The topological polar surface area (TPSA) is 83.8 Å². The molecule has 0 saturated heterocycles. The summed E-state index contributed by atoms with van der Waals surface area (Å²) in [6.07, 6.45) is 3.20. The number of aromatic hydroxyl groups is 2. The molecule has 5 nitrogen and oxygen atoms in total. The molecule has 0 spiro atoms. The monoisotopic (exact) mass is 386 g/mol. The molecule has 0 unspecified atom stereocenters. The Hall–Kier alpha value is -2.04. The van der Waals surface area contributed by atoms with Gasteiger partial charge in [0.2, 0.25) is 0 Å². The highest BCUT2D eigenvalue weighted by molar-refractivity contribution is 6.05. The van der Waals surface area contributed by atoms with E-state index in [9.17, 15) is 19.8 Å². The Balaban J connectivity index is 1.80. The number of benzene rings is 1. The minimum atomic E-state index is -0.459. The van der Waals surface area contributed by atoms with Gasteiger partial charge in [0.1, 0.15) is 28.4 Å². The molecule has 4 atom stereocenters. The van der Waals surface area contributed by atoms with Gasteiger partial charge >= 0.3 is 0 Å². The zero-order valence-corrected chi connectivity index (χ0v) is 17.3. The number of aldehydes is 1. The molecular weight excluding hydrogens is 356 g/mol. The number of hydrogen-bond donors (Lipinski definition) is 2. The number of hydrogen-bond acceptors (Lipinski definition) is 5. The Morgan fingerprint density at radius 1 is 1.21 bits per heavy atom. The Bertz CT molecular complexity index is 868. The first kappa shape index (κ1) is 19.3. The van der Waals surface area contributed by atoms with Crippen LogP contribution in [0.4, 0.5) is 0 Å². The number of ether oxygens (including phenoxy) is 1. The number of Topliss-reactive ketones (excluding diaryl/α,β-unsaturated/α-hetero) is 1. The van der Waals surface area contributed by atoms with Crippen molar-refractivity contribution >= 4 is 12.1 Å². The van der Waals surface area contributed by atoms with Crippen molar-refractivity contribution in [3.8, 4) is 17.2 Å². The van der Waals surface area contributed by atoms with Crippen molar-refractivity contribution < 1.29 is 24.5 Å². The molecular formula is C23H30O5. The van der Waals surface area contributed by atoms with Crippen molar-refractivity contribution in [3.05, 3.63) is 16.7 Å². The first-order valence-electron chi connectivity index (χ1n) is 10.3. The van der Waals surface area contributed by atoms with Gasteiger partial charge in [-0.15, -0.1) is 0 Å². The molecule has 0 amide bonds. The highest BCUT2D eigenvalue weighted by Crippen LogP contribution is 2.69. The van der Waals surface area contributed by atoms with Crippen LogP contribution in [0.3, 0.4) is 0 Å². The van der Waals surface area contributed by atoms with Gasteiger partial charge in [0.15, 0.2) is 12.1 Å². The maximum atomic E-state index is 12.7. The van der Waals surface area contributed by atoms with Crippen LogP contribution in [0.2, 0.25) is 0 Å². The highest BCUT2D eigenvalue weighted by atomic mass is 16.5. The normalized spacial score (nSPS) is 32.0. The van der Waals surface area contributed by atoms with E-state index in [0.717, 1.165) is 12.8 Å². The predicted molar refractivity (Wildman–Crippen MR) is 105 cm³/mol. The van der Waals surface area contributed by atoms with E-state index in [1.165, 1.54) is 0 Å². The maximum Gasteiger partial charge on any atom is 0.170 e. The molecule has 1 aliphatic heterocycles. The van der Waals surface area contributed by atoms with Crippen LogP contribution >= 0.6 is 0 Å². The number of fused-ring (bicyclic) bond motifs is 3. The van der Waals surface area contributed by atoms with Crippen molar-refractivity contribution in [1.82, 2.24) is 0 Å². The van der Waals surface area contributed by atoms with Crippen molar-refractivity contribution in [3.63, 3.8) is 0 Å². The molecule has 2 fully saturated rings. The zero-order valence-electron chi connectivity index (χ0n) is 17.3. The van der Waals surface area contributed by atoms with E-state index in [-0.39, 0.29) is 46.7 Å². The molecule has 3 aliphatic rings. The summed E-state index contributed by atoms with van der Waals surface area (Å²) in [4.78, 5) is 24.5. The van der Waals surface area contributed by atoms with E-state index < -0.39 is 11.4 Å². The van der Waals surface area contributed by atoms with Gasteiger partial charge in [0.05, 0.1) is 5.56 Å². The summed E-state index contributed by atoms with van der Waals surface area (Å²) >= 11 is 0. The minimum Gasteiger partial charge on any atom is -0.507 e.